The highest BCUT2D eigenvalue weighted by atomic mass is 32.2. The van der Waals surface area contributed by atoms with Crippen molar-refractivity contribution in [2.75, 3.05) is 12.9 Å². The Bertz CT molecular complexity index is 1020. The van der Waals surface area contributed by atoms with Crippen molar-refractivity contribution in [2.24, 2.45) is 0 Å². The number of carbonyl (C=O) groups is 1. The first-order valence-corrected chi connectivity index (χ1v) is 11.3. The molecule has 2 aromatic carbocycles. The van der Waals surface area contributed by atoms with Gasteiger partial charge in [0, 0.05) is 11.5 Å². The Balaban J connectivity index is 1.75. The molecule has 0 saturated heterocycles. The number of methoxy groups -OCH3 is 1. The lowest BCUT2D eigenvalue weighted by Crippen LogP contribution is -2.43. The molecule has 142 valence electrons. The Morgan fingerprint density at radius 2 is 1.96 bits per heavy atom. The maximum Gasteiger partial charge on any atom is 0.324 e. The van der Waals surface area contributed by atoms with E-state index in [2.05, 4.69) is 13.5 Å². The van der Waals surface area contributed by atoms with Crippen molar-refractivity contribution < 1.29 is 17.9 Å². The summed E-state index contributed by atoms with van der Waals surface area (Å²) in [6.45, 7) is 0. The number of esters is 1. The first-order valence-electron chi connectivity index (χ1n) is 7.94. The van der Waals surface area contributed by atoms with Crippen LogP contribution in [-0.2, 0) is 25.3 Å². The number of thioether (sulfide) groups is 1. The standard InChI is InChI=1S/C17H17N3O4S3/c1-24-17(21)14(11-25-10-12-6-3-2-4-7-12)20-27(22,23)15-9-5-8-13-16(15)19-26-18-13/h2-9,14,20H,10-11H2,1H3/t14-/m0/s1. The molecule has 3 rings (SSSR count). The molecule has 1 N–H and O–H groups in total. The maximum atomic E-state index is 12.8. The fraction of sp³-hybridized carbons (Fsp3) is 0.235. The molecule has 1 heterocycles. The van der Waals surface area contributed by atoms with Crippen LogP contribution in [0.4, 0.5) is 0 Å². The topological polar surface area (TPSA) is 98.2 Å². The van der Waals surface area contributed by atoms with Gasteiger partial charge in [0.25, 0.3) is 0 Å². The second-order valence-electron chi connectivity index (χ2n) is 5.59. The molecule has 0 aliphatic rings. The van der Waals surface area contributed by atoms with Crippen LogP contribution < -0.4 is 4.72 Å². The molecule has 0 aliphatic heterocycles. The molecule has 7 nitrogen and oxygen atoms in total. The van der Waals surface area contributed by atoms with E-state index in [1.54, 1.807) is 12.1 Å². The number of nitrogens with one attached hydrogen (secondary N) is 1. The number of hydrogen-bond acceptors (Lipinski definition) is 8. The molecule has 0 unspecified atom stereocenters. The quantitative estimate of drug-likeness (QED) is 0.556. The summed E-state index contributed by atoms with van der Waals surface area (Å²) in [5.41, 5.74) is 1.87. The van der Waals surface area contributed by atoms with Crippen molar-refractivity contribution in [3.63, 3.8) is 0 Å². The van der Waals surface area contributed by atoms with E-state index in [1.165, 1.54) is 24.9 Å². The van der Waals surface area contributed by atoms with Crippen molar-refractivity contribution in [3.8, 4) is 0 Å². The Labute approximate surface area is 165 Å². The second kappa shape index (κ2) is 8.79. The van der Waals surface area contributed by atoms with E-state index < -0.39 is 22.0 Å². The average Bonchev–Trinajstić information content (AvgIpc) is 3.16. The number of nitrogens with zero attached hydrogens (tertiary/aromatic N) is 2. The largest absolute Gasteiger partial charge is 0.468 e. The molecular formula is C17H17N3O4S3. The molecule has 0 fully saturated rings. The van der Waals surface area contributed by atoms with Gasteiger partial charge in [0.1, 0.15) is 22.0 Å². The number of carbonyl (C=O) groups excluding carboxylic acids is 1. The second-order valence-corrected chi connectivity index (χ2v) is 8.83. The van der Waals surface area contributed by atoms with Gasteiger partial charge in [0.2, 0.25) is 10.0 Å². The molecule has 0 saturated carbocycles. The van der Waals surface area contributed by atoms with Crippen LogP contribution in [0, 0.1) is 0 Å². The number of rotatable bonds is 8. The first kappa shape index (κ1) is 19.7. The fourth-order valence-electron chi connectivity index (χ4n) is 2.41. The summed E-state index contributed by atoms with van der Waals surface area (Å²) in [5, 5.41) is 0. The van der Waals surface area contributed by atoms with E-state index in [4.69, 9.17) is 4.74 Å². The third kappa shape index (κ3) is 4.83. The zero-order valence-corrected chi connectivity index (χ0v) is 16.8. The SMILES string of the molecule is COC(=O)[C@H](CSCc1ccccc1)NS(=O)(=O)c1cccc2nsnc12. The molecule has 3 aromatic rings. The van der Waals surface area contributed by atoms with Gasteiger partial charge in [-0.15, -0.1) is 0 Å². The first-order chi connectivity index (χ1) is 13.0. The average molecular weight is 424 g/mol. The zero-order chi connectivity index (χ0) is 19.3. The Hall–Kier alpha value is -2.01. The Morgan fingerprint density at radius 1 is 1.19 bits per heavy atom. The molecule has 0 aliphatic carbocycles. The lowest BCUT2D eigenvalue weighted by Gasteiger charge is -2.16. The monoisotopic (exact) mass is 423 g/mol. The molecule has 0 amide bonds. The minimum atomic E-state index is -3.97. The van der Waals surface area contributed by atoms with Crippen molar-refractivity contribution >= 4 is 50.5 Å². The van der Waals surface area contributed by atoms with Gasteiger partial charge in [-0.2, -0.15) is 25.2 Å². The smallest absolute Gasteiger partial charge is 0.324 e. The molecule has 0 radical (unpaired) electrons. The minimum Gasteiger partial charge on any atom is -0.468 e. The minimum absolute atomic E-state index is 0.00397. The maximum absolute atomic E-state index is 12.8. The summed E-state index contributed by atoms with van der Waals surface area (Å²) in [7, 11) is -2.73. The molecule has 1 atom stereocenters. The van der Waals surface area contributed by atoms with Crippen LogP contribution in [0.2, 0.25) is 0 Å². The van der Waals surface area contributed by atoms with Gasteiger partial charge in [-0.3, -0.25) is 4.79 Å². The van der Waals surface area contributed by atoms with Gasteiger partial charge in [-0.05, 0) is 17.7 Å². The van der Waals surface area contributed by atoms with Crippen molar-refractivity contribution in [1.82, 2.24) is 13.5 Å². The highest BCUT2D eigenvalue weighted by Crippen LogP contribution is 2.22. The van der Waals surface area contributed by atoms with Crippen LogP contribution in [0.1, 0.15) is 5.56 Å². The summed E-state index contributed by atoms with van der Waals surface area (Å²) in [4.78, 5) is 12.1. The lowest BCUT2D eigenvalue weighted by atomic mass is 10.2. The molecular weight excluding hydrogens is 406 g/mol. The van der Waals surface area contributed by atoms with Crippen LogP contribution in [0.5, 0.6) is 0 Å². The highest BCUT2D eigenvalue weighted by Gasteiger charge is 2.28. The van der Waals surface area contributed by atoms with Gasteiger partial charge in [-0.1, -0.05) is 36.4 Å². The van der Waals surface area contributed by atoms with E-state index in [1.807, 2.05) is 30.3 Å². The van der Waals surface area contributed by atoms with E-state index in [0.29, 0.717) is 11.3 Å². The van der Waals surface area contributed by atoms with E-state index in [9.17, 15) is 13.2 Å². The van der Waals surface area contributed by atoms with Gasteiger partial charge in [0.15, 0.2) is 0 Å². The van der Waals surface area contributed by atoms with Crippen molar-refractivity contribution in [2.45, 2.75) is 16.7 Å². The van der Waals surface area contributed by atoms with E-state index in [-0.39, 0.29) is 16.2 Å². The van der Waals surface area contributed by atoms with Crippen LogP contribution >= 0.6 is 23.5 Å². The molecule has 1 aromatic heterocycles. The van der Waals surface area contributed by atoms with E-state index >= 15 is 0 Å². The number of sulfonamides is 1. The number of fused-ring (bicyclic) bond motifs is 1. The van der Waals surface area contributed by atoms with Crippen LogP contribution in [0.15, 0.2) is 53.4 Å². The van der Waals surface area contributed by atoms with Gasteiger partial charge < -0.3 is 4.74 Å². The third-order valence-electron chi connectivity index (χ3n) is 3.72. The molecule has 0 spiro atoms. The molecule has 0 bridgehead atoms. The summed E-state index contributed by atoms with van der Waals surface area (Å²) in [6, 6.07) is 13.4. The highest BCUT2D eigenvalue weighted by molar-refractivity contribution is 7.98. The van der Waals surface area contributed by atoms with Crippen LogP contribution in [0.25, 0.3) is 11.0 Å². The van der Waals surface area contributed by atoms with Crippen molar-refractivity contribution in [1.29, 1.82) is 0 Å². The zero-order valence-electron chi connectivity index (χ0n) is 14.4. The number of ether oxygens (including phenoxy) is 1. The Morgan fingerprint density at radius 3 is 2.70 bits per heavy atom. The predicted octanol–water partition coefficient (Wildman–Crippen LogP) is 2.44. The summed E-state index contributed by atoms with van der Waals surface area (Å²) < 4.78 is 40.9. The predicted molar refractivity (Wildman–Crippen MR) is 106 cm³/mol. The van der Waals surface area contributed by atoms with Crippen LogP contribution in [-0.4, -0.2) is 42.0 Å². The summed E-state index contributed by atoms with van der Waals surface area (Å²) in [6.07, 6.45) is 0. The number of benzene rings is 2. The molecule has 27 heavy (non-hydrogen) atoms. The normalized spacial score (nSPS) is 12.8. The third-order valence-corrected chi connectivity index (χ3v) is 6.87. The van der Waals surface area contributed by atoms with E-state index in [0.717, 1.165) is 17.3 Å². The fourth-order valence-corrected chi connectivity index (χ4v) is 5.47. The number of aromatic nitrogens is 2. The van der Waals surface area contributed by atoms with Crippen molar-refractivity contribution in [3.05, 3.63) is 54.1 Å². The molecule has 10 heteroatoms. The number of hydrogen-bond donors (Lipinski definition) is 1. The summed E-state index contributed by atoms with van der Waals surface area (Å²) >= 11 is 2.38. The van der Waals surface area contributed by atoms with Gasteiger partial charge in [-0.25, -0.2) is 8.42 Å². The van der Waals surface area contributed by atoms with Gasteiger partial charge >= 0.3 is 5.97 Å². The van der Waals surface area contributed by atoms with Crippen LogP contribution in [0.3, 0.4) is 0 Å². The van der Waals surface area contributed by atoms with Gasteiger partial charge in [0.05, 0.1) is 18.8 Å². The Kier molecular flexibility index (Phi) is 6.42. The summed E-state index contributed by atoms with van der Waals surface area (Å²) in [5.74, 6) is 0.260. The lowest BCUT2D eigenvalue weighted by molar-refractivity contribution is -0.141.